The van der Waals surface area contributed by atoms with Crippen LogP contribution in [-0.2, 0) is 5.41 Å². The first-order chi connectivity index (χ1) is 31.3. The van der Waals surface area contributed by atoms with Crippen molar-refractivity contribution < 1.29 is 4.74 Å². The van der Waals surface area contributed by atoms with E-state index >= 15 is 0 Å². The van der Waals surface area contributed by atoms with Crippen molar-refractivity contribution in [1.82, 2.24) is 18.9 Å². The molecule has 12 aromatic rings. The molecule has 0 unspecified atom stereocenters. The van der Waals surface area contributed by atoms with Crippen LogP contribution in [0.5, 0.6) is 11.5 Å². The third-order valence-electron chi connectivity index (χ3n) is 12.9. The Morgan fingerprint density at radius 3 is 1.94 bits per heavy atom. The highest BCUT2D eigenvalue weighted by atomic mass is 16.5. The number of rotatable bonds is 6. The lowest BCUT2D eigenvalue weighted by atomic mass is 9.62. The van der Waals surface area contributed by atoms with Gasteiger partial charge in [0.2, 0.25) is 0 Å². The molecule has 296 valence electrons. The average Bonchev–Trinajstić information content (AvgIpc) is 3.99. The van der Waals surface area contributed by atoms with Crippen molar-refractivity contribution in [3.8, 4) is 17.2 Å². The molecule has 1 aliphatic heterocycles. The van der Waals surface area contributed by atoms with Crippen LogP contribution in [0.25, 0.3) is 54.9 Å². The van der Waals surface area contributed by atoms with E-state index in [1.807, 2.05) is 24.7 Å². The van der Waals surface area contributed by atoms with Gasteiger partial charge in [-0.1, -0.05) is 127 Å². The number of fused-ring (bicyclic) bond motifs is 12. The van der Waals surface area contributed by atoms with Crippen LogP contribution in [-0.4, -0.2) is 18.9 Å². The lowest BCUT2D eigenvalue weighted by Gasteiger charge is -2.46. The zero-order chi connectivity index (χ0) is 41.5. The summed E-state index contributed by atoms with van der Waals surface area (Å²) in [5.41, 5.74) is 12.5. The van der Waals surface area contributed by atoms with E-state index in [9.17, 15) is 0 Å². The predicted molar refractivity (Wildman–Crippen MR) is 255 cm³/mol. The largest absolute Gasteiger partial charge is 0.457 e. The van der Waals surface area contributed by atoms with Gasteiger partial charge in [-0.05, 0) is 100 Å². The third kappa shape index (κ3) is 5.12. The SMILES string of the molecule is c1ccc(N2c3ccccc3C(c3ccccc3)(c3ccccc3)c3ccc4c(c32)c2cccnc2n4-c2cccc(Oc3ccc4c5ccccc5n5ccnc5c4c3)c2)cc1. The molecule has 0 aliphatic carbocycles. The second-order valence-electron chi connectivity index (χ2n) is 16.2. The first-order valence-electron chi connectivity index (χ1n) is 21.3. The summed E-state index contributed by atoms with van der Waals surface area (Å²) in [6.07, 6.45) is 5.77. The molecule has 0 bridgehead atoms. The van der Waals surface area contributed by atoms with Gasteiger partial charge in [0.1, 0.15) is 22.8 Å². The predicted octanol–water partition coefficient (Wildman–Crippen LogP) is 14.1. The van der Waals surface area contributed by atoms with Crippen molar-refractivity contribution in [2.24, 2.45) is 0 Å². The molecular formula is C57H37N5O. The van der Waals surface area contributed by atoms with Crippen molar-refractivity contribution >= 4 is 66.3 Å². The summed E-state index contributed by atoms with van der Waals surface area (Å²) in [6, 6.07) is 73.7. The van der Waals surface area contributed by atoms with Gasteiger partial charge in [-0.15, -0.1) is 0 Å². The van der Waals surface area contributed by atoms with Crippen LogP contribution in [0.4, 0.5) is 17.1 Å². The summed E-state index contributed by atoms with van der Waals surface area (Å²) in [5, 5.41) is 5.54. The van der Waals surface area contributed by atoms with Gasteiger partial charge >= 0.3 is 0 Å². The maximum Gasteiger partial charge on any atom is 0.145 e. The van der Waals surface area contributed by atoms with Crippen LogP contribution in [0.15, 0.2) is 225 Å². The Morgan fingerprint density at radius 1 is 0.429 bits per heavy atom. The summed E-state index contributed by atoms with van der Waals surface area (Å²) in [7, 11) is 0. The standard InChI is InChI=1S/C57H37N5O/c1-4-16-38(17-5-1)57(39-18-6-2-7-19-39)48-26-11-13-28-51(48)61(40-20-8-3-9-21-40)54-49(57)31-32-52-53(54)46-25-15-33-58-56(46)62(52)41-22-14-23-42(36-41)63-43-29-30-44-45-24-10-12-27-50(45)60-35-34-59-55(60)47(44)37-43/h1-37H. The molecule has 0 N–H and O–H groups in total. The molecule has 8 aromatic carbocycles. The van der Waals surface area contributed by atoms with E-state index in [4.69, 9.17) is 14.7 Å². The first kappa shape index (κ1) is 35.3. The number of pyridine rings is 2. The summed E-state index contributed by atoms with van der Waals surface area (Å²) in [6.45, 7) is 0. The lowest BCUT2D eigenvalue weighted by Crippen LogP contribution is -2.37. The smallest absolute Gasteiger partial charge is 0.145 e. The van der Waals surface area contributed by atoms with E-state index in [1.165, 1.54) is 27.6 Å². The molecule has 0 amide bonds. The van der Waals surface area contributed by atoms with Crippen molar-refractivity contribution in [3.05, 3.63) is 247 Å². The highest BCUT2D eigenvalue weighted by Gasteiger charge is 2.47. The van der Waals surface area contributed by atoms with Gasteiger partial charge < -0.3 is 9.64 Å². The van der Waals surface area contributed by atoms with Crippen molar-refractivity contribution in [2.75, 3.05) is 4.90 Å². The topological polar surface area (TPSA) is 47.6 Å². The van der Waals surface area contributed by atoms with Gasteiger partial charge in [0.25, 0.3) is 0 Å². The second-order valence-corrected chi connectivity index (χ2v) is 16.2. The minimum absolute atomic E-state index is 0.633. The second kappa shape index (κ2) is 13.8. The number of anilines is 3. The molecule has 13 rings (SSSR count). The molecule has 63 heavy (non-hydrogen) atoms. The van der Waals surface area contributed by atoms with Gasteiger partial charge in [-0.2, -0.15) is 0 Å². The average molecular weight is 808 g/mol. The molecule has 4 aromatic heterocycles. The fourth-order valence-electron chi connectivity index (χ4n) is 10.4. The summed E-state index contributed by atoms with van der Waals surface area (Å²) < 4.78 is 11.2. The maximum atomic E-state index is 6.74. The minimum Gasteiger partial charge on any atom is -0.457 e. The Morgan fingerprint density at radius 2 is 1.11 bits per heavy atom. The van der Waals surface area contributed by atoms with Crippen LogP contribution < -0.4 is 9.64 Å². The van der Waals surface area contributed by atoms with E-state index in [2.05, 4.69) is 214 Å². The van der Waals surface area contributed by atoms with Crippen molar-refractivity contribution in [1.29, 1.82) is 0 Å². The Kier molecular flexibility index (Phi) is 7.72. The Hall–Kier alpha value is -8.48. The zero-order valence-electron chi connectivity index (χ0n) is 34.0. The number of hydrogen-bond donors (Lipinski definition) is 0. The van der Waals surface area contributed by atoms with Crippen LogP contribution in [0, 0.1) is 0 Å². The fraction of sp³-hybridized carbons (Fsp3) is 0.0175. The van der Waals surface area contributed by atoms with Crippen LogP contribution in [0.2, 0.25) is 0 Å². The van der Waals surface area contributed by atoms with E-state index in [0.29, 0.717) is 0 Å². The van der Waals surface area contributed by atoms with Crippen LogP contribution in [0.3, 0.4) is 0 Å². The number of nitrogens with zero attached hydrogens (tertiary/aromatic N) is 5. The summed E-state index contributed by atoms with van der Waals surface area (Å²) in [4.78, 5) is 12.4. The van der Waals surface area contributed by atoms with Gasteiger partial charge in [0, 0.05) is 51.9 Å². The number of imidazole rings is 1. The van der Waals surface area contributed by atoms with Gasteiger partial charge in [0.15, 0.2) is 0 Å². The van der Waals surface area contributed by atoms with Crippen molar-refractivity contribution in [2.45, 2.75) is 5.41 Å². The van der Waals surface area contributed by atoms with E-state index in [-0.39, 0.29) is 0 Å². The molecule has 0 spiro atoms. The van der Waals surface area contributed by atoms with Gasteiger partial charge in [-0.25, -0.2) is 9.97 Å². The molecule has 0 radical (unpaired) electrons. The highest BCUT2D eigenvalue weighted by molar-refractivity contribution is 6.18. The van der Waals surface area contributed by atoms with E-state index < -0.39 is 5.41 Å². The maximum absolute atomic E-state index is 6.74. The Bertz CT molecular complexity index is 3690. The molecule has 5 heterocycles. The highest BCUT2D eigenvalue weighted by Crippen LogP contribution is 2.60. The normalized spacial score (nSPS) is 13.2. The quantitative estimate of drug-likeness (QED) is 0.157. The minimum atomic E-state index is -0.633. The molecule has 1 aliphatic rings. The first-order valence-corrected chi connectivity index (χ1v) is 21.3. The fourth-order valence-corrected chi connectivity index (χ4v) is 10.4. The molecule has 6 heteroatoms. The Balaban J connectivity index is 1.05. The monoisotopic (exact) mass is 807 g/mol. The van der Waals surface area contributed by atoms with E-state index in [1.54, 1.807) is 0 Å². The summed E-state index contributed by atoms with van der Waals surface area (Å²) >= 11 is 0. The molecule has 0 saturated carbocycles. The number of benzene rings is 8. The molecular weight excluding hydrogens is 771 g/mol. The third-order valence-corrected chi connectivity index (χ3v) is 12.9. The molecule has 6 nitrogen and oxygen atoms in total. The lowest BCUT2D eigenvalue weighted by molar-refractivity contribution is 0.483. The van der Waals surface area contributed by atoms with Gasteiger partial charge in [-0.3, -0.25) is 8.97 Å². The number of ether oxygens (including phenoxy) is 1. The number of para-hydroxylation sites is 3. The zero-order valence-corrected chi connectivity index (χ0v) is 34.0. The van der Waals surface area contributed by atoms with E-state index in [0.717, 1.165) is 78.1 Å². The number of hydrogen-bond acceptors (Lipinski definition) is 4. The molecule has 0 fully saturated rings. The van der Waals surface area contributed by atoms with Crippen LogP contribution in [0.1, 0.15) is 22.3 Å². The van der Waals surface area contributed by atoms with Crippen LogP contribution >= 0.6 is 0 Å². The summed E-state index contributed by atoms with van der Waals surface area (Å²) in [5.74, 6) is 1.47. The molecule has 0 atom stereocenters. The Labute approximate surface area is 363 Å². The van der Waals surface area contributed by atoms with Gasteiger partial charge in [0.05, 0.1) is 33.5 Å². The molecule has 0 saturated heterocycles. The van der Waals surface area contributed by atoms with Crippen molar-refractivity contribution in [3.63, 3.8) is 0 Å². The number of aromatic nitrogens is 4.